The number of phosphoric acid groups is 1. The van der Waals surface area contributed by atoms with Gasteiger partial charge >= 0.3 is 13.8 Å². The summed E-state index contributed by atoms with van der Waals surface area (Å²) in [6.45, 7) is 6.95. The minimum absolute atomic E-state index is 0.0332. The predicted octanol–water partition coefficient (Wildman–Crippen LogP) is 21.3. The number of quaternary nitrogens is 1. The second kappa shape index (κ2) is 60.3. The summed E-state index contributed by atoms with van der Waals surface area (Å²) in [5.74, 6) is -0.528. The molecule has 9 nitrogen and oxygen atoms in total. The highest BCUT2D eigenvalue weighted by molar-refractivity contribution is 7.47. The molecule has 470 valence electrons. The zero-order valence-corrected chi connectivity index (χ0v) is 54.7. The lowest BCUT2D eigenvalue weighted by atomic mass is 10.0. The van der Waals surface area contributed by atoms with Gasteiger partial charge in [-0.3, -0.25) is 18.6 Å². The molecule has 10 heteroatoms. The van der Waals surface area contributed by atoms with Crippen LogP contribution >= 0.6 is 7.82 Å². The van der Waals surface area contributed by atoms with E-state index in [1.807, 2.05) is 33.3 Å². The summed E-state index contributed by atoms with van der Waals surface area (Å²) in [6.07, 6.45) is 80.2. The molecule has 0 aromatic rings. The van der Waals surface area contributed by atoms with Crippen LogP contribution in [0.15, 0.2) is 85.1 Å². The van der Waals surface area contributed by atoms with Gasteiger partial charge in [-0.1, -0.05) is 267 Å². The Morgan fingerprint density at radius 1 is 0.432 bits per heavy atom. The number of rotatable bonds is 61. The van der Waals surface area contributed by atoms with Crippen molar-refractivity contribution in [3.8, 4) is 0 Å². The van der Waals surface area contributed by atoms with Crippen LogP contribution in [0.25, 0.3) is 0 Å². The van der Waals surface area contributed by atoms with Crippen molar-refractivity contribution in [2.75, 3.05) is 40.9 Å². The molecule has 0 aliphatic carbocycles. The number of likely N-dealkylation sites (N-methyl/N-ethyl adjacent to an activating group) is 1. The zero-order valence-electron chi connectivity index (χ0n) is 53.8. The number of allylic oxidation sites excluding steroid dienone is 13. The molecule has 1 amide bonds. The normalized spacial score (nSPS) is 14.1. The second-order valence-corrected chi connectivity index (χ2v) is 25.4. The van der Waals surface area contributed by atoms with Crippen molar-refractivity contribution in [3.63, 3.8) is 0 Å². The molecular formula is C71H130N2O7P+. The molecule has 0 bridgehead atoms. The molecule has 3 unspecified atom stereocenters. The Labute approximate surface area is 501 Å². The first-order valence-electron chi connectivity index (χ1n) is 33.9. The van der Waals surface area contributed by atoms with Crippen molar-refractivity contribution in [1.82, 2.24) is 5.32 Å². The van der Waals surface area contributed by atoms with Gasteiger partial charge in [0.2, 0.25) is 5.91 Å². The lowest BCUT2D eigenvalue weighted by Crippen LogP contribution is -2.47. The Hall–Kier alpha value is -2.81. The number of nitrogens with zero attached hydrogens (tertiary/aromatic N) is 1. The van der Waals surface area contributed by atoms with Crippen molar-refractivity contribution >= 4 is 19.7 Å². The highest BCUT2D eigenvalue weighted by Crippen LogP contribution is 2.43. The number of amides is 1. The van der Waals surface area contributed by atoms with Gasteiger partial charge in [-0.15, -0.1) is 0 Å². The van der Waals surface area contributed by atoms with Gasteiger partial charge in [0, 0.05) is 12.8 Å². The Bertz CT molecular complexity index is 1660. The molecule has 0 aromatic heterocycles. The molecule has 0 aliphatic rings. The molecule has 0 saturated carbocycles. The average Bonchev–Trinajstić information content (AvgIpc) is 3.44. The highest BCUT2D eigenvalue weighted by atomic mass is 31.2. The number of carbonyl (C=O) groups is 2. The van der Waals surface area contributed by atoms with Gasteiger partial charge < -0.3 is 19.4 Å². The molecule has 0 saturated heterocycles. The van der Waals surface area contributed by atoms with Crippen molar-refractivity contribution < 1.29 is 37.3 Å². The fourth-order valence-electron chi connectivity index (χ4n) is 9.54. The van der Waals surface area contributed by atoms with Gasteiger partial charge in [0.1, 0.15) is 19.3 Å². The molecular weight excluding hydrogens is 1020 g/mol. The Balaban J connectivity index is 5.05. The first-order chi connectivity index (χ1) is 39.4. The topological polar surface area (TPSA) is 111 Å². The van der Waals surface area contributed by atoms with Crippen LogP contribution < -0.4 is 5.32 Å². The largest absolute Gasteiger partial charge is 0.472 e. The minimum Gasteiger partial charge on any atom is -0.456 e. The molecule has 2 N–H and O–H groups in total. The third-order valence-electron chi connectivity index (χ3n) is 14.8. The summed E-state index contributed by atoms with van der Waals surface area (Å²) in [5.41, 5.74) is 0. The van der Waals surface area contributed by atoms with Crippen LogP contribution in [0.3, 0.4) is 0 Å². The number of ether oxygens (including phenoxy) is 1. The third kappa shape index (κ3) is 61.6. The SMILES string of the molecule is CCCCC/C=C\C/C=C\C/C=C\CCCCCCCCCCCCCCCCC(=O)OC(/C=C\CCCCCCCCCCC)C(COP(=O)(O)OCC[N+](C)(C)C)NC(=O)CCCCCC/C=C\C/C=C\C/C=C\CCCCC. The van der Waals surface area contributed by atoms with Gasteiger partial charge in [-0.2, -0.15) is 0 Å². The standard InChI is InChI=1S/C71H129N2O7P/c1-7-10-13-16-19-22-25-27-29-31-32-33-34-35-36-37-38-39-40-42-44-46-49-52-55-58-61-64-71(75)80-69(62-59-56-53-50-47-24-21-18-15-12-9-3)68(67-79-81(76,77)78-66-65-73(4,5)6)72-70(74)63-60-57-54-51-48-45-43-41-30-28-26-23-20-17-14-11-8-2/h19-20,22-23,27-30,32-33,43,45,59,62,68-69H,7-18,21,24-26,31,34-42,44,46-58,60-61,63-67H2,1-6H3,(H-,72,74,76,77)/p+1/b22-19-,23-20-,29-27-,30-28-,33-32-,45-43-,62-59-. The number of nitrogens with one attached hydrogen (secondary N) is 1. The van der Waals surface area contributed by atoms with E-state index in [9.17, 15) is 19.0 Å². The third-order valence-corrected chi connectivity index (χ3v) is 15.8. The van der Waals surface area contributed by atoms with E-state index in [0.717, 1.165) is 96.3 Å². The maximum atomic E-state index is 13.6. The van der Waals surface area contributed by atoms with E-state index < -0.39 is 20.0 Å². The zero-order chi connectivity index (χ0) is 59.3. The Kier molecular flexibility index (Phi) is 58.2. The minimum atomic E-state index is -4.46. The van der Waals surface area contributed by atoms with Crippen LogP contribution in [0.4, 0.5) is 0 Å². The summed E-state index contributed by atoms with van der Waals surface area (Å²) in [7, 11) is 1.48. The van der Waals surface area contributed by atoms with Crippen molar-refractivity contribution in [2.24, 2.45) is 0 Å². The van der Waals surface area contributed by atoms with E-state index in [0.29, 0.717) is 17.4 Å². The first kappa shape index (κ1) is 78.2. The number of unbranched alkanes of at least 4 members (excludes halogenated alkanes) is 33. The lowest BCUT2D eigenvalue weighted by Gasteiger charge is -2.27. The molecule has 0 fully saturated rings. The molecule has 3 atom stereocenters. The lowest BCUT2D eigenvalue weighted by molar-refractivity contribution is -0.870. The van der Waals surface area contributed by atoms with Crippen LogP contribution in [0.1, 0.15) is 303 Å². The summed E-state index contributed by atoms with van der Waals surface area (Å²) in [5, 5.41) is 3.05. The van der Waals surface area contributed by atoms with Crippen LogP contribution in [0.2, 0.25) is 0 Å². The molecule has 0 heterocycles. The van der Waals surface area contributed by atoms with Crippen molar-refractivity contribution in [1.29, 1.82) is 0 Å². The molecule has 0 radical (unpaired) electrons. The van der Waals surface area contributed by atoms with E-state index in [-0.39, 0.29) is 31.5 Å². The summed E-state index contributed by atoms with van der Waals surface area (Å²) >= 11 is 0. The van der Waals surface area contributed by atoms with Crippen LogP contribution in [-0.4, -0.2) is 74.3 Å². The second-order valence-electron chi connectivity index (χ2n) is 24.0. The Morgan fingerprint density at radius 2 is 0.753 bits per heavy atom. The number of carbonyl (C=O) groups excluding carboxylic acids is 2. The van der Waals surface area contributed by atoms with Gasteiger partial charge in [0.25, 0.3) is 0 Å². The summed E-state index contributed by atoms with van der Waals surface area (Å²) in [6, 6.07) is -0.863. The molecule has 0 rings (SSSR count). The maximum absolute atomic E-state index is 13.6. The Morgan fingerprint density at radius 3 is 1.15 bits per heavy atom. The molecule has 81 heavy (non-hydrogen) atoms. The van der Waals surface area contributed by atoms with Crippen molar-refractivity contribution in [3.05, 3.63) is 85.1 Å². The summed E-state index contributed by atoms with van der Waals surface area (Å²) < 4.78 is 30.7. The van der Waals surface area contributed by atoms with Gasteiger partial charge in [0.15, 0.2) is 0 Å². The molecule has 0 aliphatic heterocycles. The molecule has 0 spiro atoms. The quantitative estimate of drug-likeness (QED) is 0.0205. The van der Waals surface area contributed by atoms with E-state index in [4.69, 9.17) is 13.8 Å². The number of esters is 1. The van der Waals surface area contributed by atoms with Crippen LogP contribution in [-0.2, 0) is 27.9 Å². The first-order valence-corrected chi connectivity index (χ1v) is 35.4. The van der Waals surface area contributed by atoms with E-state index in [2.05, 4.69) is 99.0 Å². The average molecular weight is 1150 g/mol. The number of hydrogen-bond acceptors (Lipinski definition) is 6. The van der Waals surface area contributed by atoms with E-state index in [1.165, 1.54) is 173 Å². The van der Waals surface area contributed by atoms with E-state index >= 15 is 0 Å². The summed E-state index contributed by atoms with van der Waals surface area (Å²) in [4.78, 5) is 37.8. The molecule has 0 aromatic carbocycles. The maximum Gasteiger partial charge on any atom is 0.472 e. The van der Waals surface area contributed by atoms with Gasteiger partial charge in [0.05, 0.1) is 33.8 Å². The highest BCUT2D eigenvalue weighted by Gasteiger charge is 2.30. The number of phosphoric ester groups is 1. The fraction of sp³-hybridized carbons (Fsp3) is 0.775. The number of hydrogen-bond donors (Lipinski definition) is 2. The monoisotopic (exact) mass is 1150 g/mol. The van der Waals surface area contributed by atoms with E-state index in [1.54, 1.807) is 0 Å². The predicted molar refractivity (Wildman–Crippen MR) is 351 cm³/mol. The van der Waals surface area contributed by atoms with Gasteiger partial charge in [-0.05, 0) is 109 Å². The van der Waals surface area contributed by atoms with Crippen molar-refractivity contribution in [2.45, 2.75) is 315 Å². The fourth-order valence-corrected chi connectivity index (χ4v) is 10.3. The van der Waals surface area contributed by atoms with Gasteiger partial charge in [-0.25, -0.2) is 4.57 Å². The van der Waals surface area contributed by atoms with Crippen LogP contribution in [0, 0.1) is 0 Å². The van der Waals surface area contributed by atoms with Crippen LogP contribution in [0.5, 0.6) is 0 Å². The smallest absolute Gasteiger partial charge is 0.456 e.